The van der Waals surface area contributed by atoms with Gasteiger partial charge in [-0.05, 0) is 61.6 Å². The van der Waals surface area contributed by atoms with Crippen LogP contribution in [0.4, 0.5) is 5.82 Å². The van der Waals surface area contributed by atoms with E-state index in [1.54, 1.807) is 18.2 Å². The molecule has 2 atom stereocenters. The molecule has 4 rings (SSSR count). The van der Waals surface area contributed by atoms with Crippen LogP contribution < -0.4 is 10.2 Å². The third-order valence-corrected chi connectivity index (χ3v) is 6.55. The number of rotatable bonds is 6. The minimum atomic E-state index is -0.293. The lowest BCUT2D eigenvalue weighted by Gasteiger charge is -2.43. The highest BCUT2D eigenvalue weighted by atomic mass is 16.7. The summed E-state index contributed by atoms with van der Waals surface area (Å²) in [5.41, 5.74) is 1.90. The lowest BCUT2D eigenvalue weighted by molar-refractivity contribution is -0.162. The standard InChI is InChI=1S/C24H31N5O3/c1-28(19-14-17-5-4-6-18(15-19)25-17)23-11-10-21(26-27-23)20-9-7-16(13-22(20)30)8-12-24(31)29(2)32-3/h7-13,17-19,25,30H,4-6,14-15H2,1-3H3/b12-8+/t17-,18-/m0/s1. The Morgan fingerprint density at radius 1 is 1.16 bits per heavy atom. The van der Waals surface area contributed by atoms with Gasteiger partial charge in [-0.2, -0.15) is 0 Å². The fourth-order valence-electron chi connectivity index (χ4n) is 4.63. The fourth-order valence-corrected chi connectivity index (χ4v) is 4.63. The number of nitrogens with zero attached hydrogens (tertiary/aromatic N) is 4. The molecule has 3 heterocycles. The Kier molecular flexibility index (Phi) is 6.72. The maximum absolute atomic E-state index is 11.8. The Morgan fingerprint density at radius 2 is 1.91 bits per heavy atom. The number of carbonyl (C=O) groups excluding carboxylic acids is 1. The molecule has 2 aromatic rings. The molecule has 0 spiro atoms. The van der Waals surface area contributed by atoms with Gasteiger partial charge >= 0.3 is 0 Å². The number of piperidine rings is 2. The molecule has 0 aliphatic carbocycles. The molecule has 32 heavy (non-hydrogen) atoms. The summed E-state index contributed by atoms with van der Waals surface area (Å²) < 4.78 is 0. The van der Waals surface area contributed by atoms with E-state index in [0.717, 1.165) is 23.7 Å². The number of aromatic nitrogens is 2. The van der Waals surface area contributed by atoms with Crippen LogP contribution in [0.3, 0.4) is 0 Å². The minimum Gasteiger partial charge on any atom is -0.507 e. The summed E-state index contributed by atoms with van der Waals surface area (Å²) in [4.78, 5) is 18.9. The summed E-state index contributed by atoms with van der Waals surface area (Å²) in [5.74, 6) is 0.638. The van der Waals surface area contributed by atoms with Crippen molar-refractivity contribution in [2.45, 2.75) is 50.2 Å². The van der Waals surface area contributed by atoms with Crippen LogP contribution in [-0.2, 0) is 9.63 Å². The maximum atomic E-state index is 11.8. The van der Waals surface area contributed by atoms with E-state index >= 15 is 0 Å². The SMILES string of the molecule is CON(C)C(=O)/C=C/c1ccc(-c2ccc(N(C)C3C[C@@H]4CCC[C@@H](C3)N4)nn2)c(O)c1. The largest absolute Gasteiger partial charge is 0.507 e. The van der Waals surface area contributed by atoms with Gasteiger partial charge in [-0.25, -0.2) is 5.06 Å². The zero-order chi connectivity index (χ0) is 22.7. The second-order valence-corrected chi connectivity index (χ2v) is 8.63. The molecule has 0 unspecified atom stereocenters. The average Bonchev–Trinajstić information content (AvgIpc) is 2.81. The summed E-state index contributed by atoms with van der Waals surface area (Å²) in [5, 5.41) is 24.2. The van der Waals surface area contributed by atoms with Crippen LogP contribution in [0.1, 0.15) is 37.7 Å². The van der Waals surface area contributed by atoms with E-state index in [2.05, 4.69) is 27.5 Å². The number of fused-ring (bicyclic) bond motifs is 2. The van der Waals surface area contributed by atoms with E-state index in [9.17, 15) is 9.90 Å². The Balaban J connectivity index is 1.44. The normalized spacial score (nSPS) is 22.7. The summed E-state index contributed by atoms with van der Waals surface area (Å²) in [6, 6.07) is 10.7. The van der Waals surface area contributed by atoms with Crippen LogP contribution in [0.15, 0.2) is 36.4 Å². The quantitative estimate of drug-likeness (QED) is 0.530. The van der Waals surface area contributed by atoms with Gasteiger partial charge in [0.15, 0.2) is 5.82 Å². The van der Waals surface area contributed by atoms with E-state index in [4.69, 9.17) is 4.84 Å². The van der Waals surface area contributed by atoms with E-state index in [0.29, 0.717) is 34.9 Å². The van der Waals surface area contributed by atoms with E-state index < -0.39 is 0 Å². The Labute approximate surface area is 188 Å². The van der Waals surface area contributed by atoms with Crippen LogP contribution in [0.25, 0.3) is 17.3 Å². The average molecular weight is 438 g/mol. The lowest BCUT2D eigenvalue weighted by Crippen LogP contribution is -2.54. The topological polar surface area (TPSA) is 90.8 Å². The number of amides is 1. The number of aromatic hydroxyl groups is 1. The van der Waals surface area contributed by atoms with Gasteiger partial charge in [0.2, 0.25) is 0 Å². The number of hydrogen-bond acceptors (Lipinski definition) is 7. The van der Waals surface area contributed by atoms with Gasteiger partial charge in [0.05, 0.1) is 12.8 Å². The second-order valence-electron chi connectivity index (χ2n) is 8.63. The van der Waals surface area contributed by atoms with Crippen LogP contribution in [0.2, 0.25) is 0 Å². The van der Waals surface area contributed by atoms with Gasteiger partial charge in [0.25, 0.3) is 5.91 Å². The van der Waals surface area contributed by atoms with Gasteiger partial charge < -0.3 is 15.3 Å². The predicted octanol–water partition coefficient (Wildman–Crippen LogP) is 2.99. The zero-order valence-electron chi connectivity index (χ0n) is 18.9. The first-order valence-corrected chi connectivity index (χ1v) is 11.1. The molecule has 170 valence electrons. The fraction of sp³-hybridized carbons (Fsp3) is 0.458. The van der Waals surface area contributed by atoms with Crippen molar-refractivity contribution in [1.29, 1.82) is 0 Å². The van der Waals surface area contributed by atoms with Crippen molar-refractivity contribution in [3.8, 4) is 17.0 Å². The van der Waals surface area contributed by atoms with Gasteiger partial charge in [0.1, 0.15) is 5.75 Å². The molecule has 8 nitrogen and oxygen atoms in total. The smallest absolute Gasteiger partial charge is 0.269 e. The van der Waals surface area contributed by atoms with Crippen LogP contribution in [-0.4, -0.2) is 65.6 Å². The molecule has 0 radical (unpaired) electrons. The molecule has 0 saturated carbocycles. The van der Waals surface area contributed by atoms with E-state index in [1.165, 1.54) is 39.5 Å². The highest BCUT2D eigenvalue weighted by molar-refractivity contribution is 5.91. The monoisotopic (exact) mass is 437 g/mol. The molecule has 1 aromatic carbocycles. The van der Waals surface area contributed by atoms with Crippen molar-refractivity contribution in [3.05, 3.63) is 42.0 Å². The molecule has 2 aliphatic heterocycles. The number of nitrogens with one attached hydrogen (secondary N) is 1. The first-order chi connectivity index (χ1) is 15.4. The van der Waals surface area contributed by atoms with Crippen molar-refractivity contribution < 1.29 is 14.7 Å². The molecule has 1 amide bonds. The van der Waals surface area contributed by atoms with Crippen molar-refractivity contribution in [1.82, 2.24) is 20.6 Å². The molecule has 2 saturated heterocycles. The lowest BCUT2D eigenvalue weighted by atomic mass is 9.83. The molecule has 2 N–H and O–H groups in total. The van der Waals surface area contributed by atoms with Gasteiger partial charge in [0, 0.05) is 43.9 Å². The van der Waals surface area contributed by atoms with E-state index in [1.807, 2.05) is 18.2 Å². The number of benzene rings is 1. The zero-order valence-corrected chi connectivity index (χ0v) is 18.9. The second kappa shape index (κ2) is 9.67. The van der Waals surface area contributed by atoms with Crippen LogP contribution in [0, 0.1) is 0 Å². The van der Waals surface area contributed by atoms with Gasteiger partial charge in [-0.3, -0.25) is 9.63 Å². The number of hydroxylamine groups is 2. The Hall–Kier alpha value is -2.97. The highest BCUT2D eigenvalue weighted by Crippen LogP contribution is 2.32. The third kappa shape index (κ3) is 4.92. The Bertz CT molecular complexity index is 966. The summed E-state index contributed by atoms with van der Waals surface area (Å²) in [6.45, 7) is 0. The van der Waals surface area contributed by atoms with Crippen molar-refractivity contribution in [3.63, 3.8) is 0 Å². The molecule has 1 aromatic heterocycles. The number of carbonyl (C=O) groups is 1. The van der Waals surface area contributed by atoms with E-state index in [-0.39, 0.29) is 11.7 Å². The van der Waals surface area contributed by atoms with Gasteiger partial charge in [-0.15, -0.1) is 10.2 Å². The summed E-state index contributed by atoms with van der Waals surface area (Å²) in [7, 11) is 5.05. The highest BCUT2D eigenvalue weighted by Gasteiger charge is 2.33. The molecule has 8 heteroatoms. The van der Waals surface area contributed by atoms with Crippen LogP contribution >= 0.6 is 0 Å². The first-order valence-electron chi connectivity index (χ1n) is 11.1. The Morgan fingerprint density at radius 3 is 2.53 bits per heavy atom. The molecule has 2 bridgehead atoms. The third-order valence-electron chi connectivity index (χ3n) is 6.55. The van der Waals surface area contributed by atoms with Gasteiger partial charge in [-0.1, -0.05) is 12.5 Å². The predicted molar refractivity (Wildman–Crippen MR) is 124 cm³/mol. The molecular weight excluding hydrogens is 406 g/mol. The van der Waals surface area contributed by atoms with Crippen molar-refractivity contribution in [2.75, 3.05) is 26.1 Å². The first kappa shape index (κ1) is 22.2. The van der Waals surface area contributed by atoms with Crippen molar-refractivity contribution in [2.24, 2.45) is 0 Å². The molecular formula is C24H31N5O3. The number of likely N-dealkylation sites (N-methyl/N-ethyl adjacent to an activating group) is 1. The summed E-state index contributed by atoms with van der Waals surface area (Å²) in [6.07, 6.45) is 9.12. The number of anilines is 1. The minimum absolute atomic E-state index is 0.0845. The van der Waals surface area contributed by atoms with Crippen molar-refractivity contribution >= 4 is 17.8 Å². The maximum Gasteiger partial charge on any atom is 0.269 e. The summed E-state index contributed by atoms with van der Waals surface area (Å²) >= 11 is 0. The van der Waals surface area contributed by atoms with Crippen LogP contribution in [0.5, 0.6) is 5.75 Å². The number of hydrogen-bond donors (Lipinski definition) is 2. The number of phenols is 1. The molecule has 2 aliphatic rings. The molecule has 2 fully saturated rings. The number of phenolic OH excluding ortho intramolecular Hbond substituents is 1.